The first-order valence-corrected chi connectivity index (χ1v) is 7.79. The van der Waals surface area contributed by atoms with Gasteiger partial charge in [0, 0.05) is 11.8 Å². The maximum Gasteiger partial charge on any atom is 0.209 e. The Bertz CT molecular complexity index is 618. The zero-order valence-corrected chi connectivity index (χ0v) is 13.2. The average Bonchev–Trinajstić information content (AvgIpc) is 2.79. The van der Waals surface area contributed by atoms with Gasteiger partial charge in [-0.2, -0.15) is 0 Å². The number of nitrogens with two attached hydrogens (primary N) is 1. The number of anilines is 1. The van der Waals surface area contributed by atoms with E-state index < -0.39 is 0 Å². The Labute approximate surface area is 126 Å². The minimum Gasteiger partial charge on any atom is -0.439 e. The number of nitrogens with zero attached hydrogens (tertiary/aromatic N) is 2. The van der Waals surface area contributed by atoms with E-state index in [1.54, 1.807) is 0 Å². The number of aromatic nitrogens is 1. The molecule has 114 valence electrons. The minimum absolute atomic E-state index is 0.418. The predicted octanol–water partition coefficient (Wildman–Crippen LogP) is 3.67. The van der Waals surface area contributed by atoms with Crippen LogP contribution in [0, 0.1) is 11.3 Å². The van der Waals surface area contributed by atoms with Gasteiger partial charge in [0.2, 0.25) is 5.89 Å². The third-order valence-electron chi connectivity index (χ3n) is 4.63. The second-order valence-corrected chi connectivity index (χ2v) is 7.25. The molecule has 2 heterocycles. The van der Waals surface area contributed by atoms with Gasteiger partial charge in [-0.15, -0.1) is 0 Å². The number of hydrogen-bond acceptors (Lipinski definition) is 4. The van der Waals surface area contributed by atoms with Crippen LogP contribution < -0.4 is 5.73 Å². The molecule has 1 fully saturated rings. The SMILES string of the molecule is CC(C)(C)C1CCN(Cc2nc3ccc(N)cc3o2)CC1. The smallest absolute Gasteiger partial charge is 0.209 e. The minimum atomic E-state index is 0.418. The van der Waals surface area contributed by atoms with Crippen molar-refractivity contribution in [3.63, 3.8) is 0 Å². The Morgan fingerprint density at radius 1 is 1.29 bits per heavy atom. The van der Waals surface area contributed by atoms with Crippen LogP contribution in [0.25, 0.3) is 11.1 Å². The Morgan fingerprint density at radius 2 is 2.00 bits per heavy atom. The molecule has 1 aliphatic rings. The molecule has 2 N–H and O–H groups in total. The molecule has 0 atom stereocenters. The van der Waals surface area contributed by atoms with Crippen molar-refractivity contribution >= 4 is 16.8 Å². The maximum absolute atomic E-state index is 5.81. The summed E-state index contributed by atoms with van der Waals surface area (Å²) in [4.78, 5) is 6.99. The summed E-state index contributed by atoms with van der Waals surface area (Å²) in [5.41, 5.74) is 8.59. The first kappa shape index (κ1) is 14.4. The molecular weight excluding hydrogens is 262 g/mol. The second kappa shape index (κ2) is 5.34. The topological polar surface area (TPSA) is 55.3 Å². The van der Waals surface area contributed by atoms with E-state index in [9.17, 15) is 0 Å². The molecule has 1 aromatic heterocycles. The van der Waals surface area contributed by atoms with Crippen molar-refractivity contribution in [1.82, 2.24) is 9.88 Å². The lowest BCUT2D eigenvalue weighted by atomic mass is 9.75. The Hall–Kier alpha value is -1.55. The van der Waals surface area contributed by atoms with Crippen LogP contribution in [-0.4, -0.2) is 23.0 Å². The molecular formula is C17H25N3O. The summed E-state index contributed by atoms with van der Waals surface area (Å²) in [6.45, 7) is 10.1. The summed E-state index contributed by atoms with van der Waals surface area (Å²) in [7, 11) is 0. The number of benzene rings is 1. The number of likely N-dealkylation sites (tertiary alicyclic amines) is 1. The van der Waals surface area contributed by atoms with Crippen molar-refractivity contribution < 1.29 is 4.42 Å². The van der Waals surface area contributed by atoms with Gasteiger partial charge in [0.05, 0.1) is 6.54 Å². The van der Waals surface area contributed by atoms with E-state index in [1.165, 1.54) is 12.8 Å². The zero-order chi connectivity index (χ0) is 15.0. The van der Waals surface area contributed by atoms with Crippen LogP contribution in [0.3, 0.4) is 0 Å². The van der Waals surface area contributed by atoms with Crippen molar-refractivity contribution in [3.05, 3.63) is 24.1 Å². The second-order valence-electron chi connectivity index (χ2n) is 7.25. The van der Waals surface area contributed by atoms with E-state index in [0.717, 1.165) is 48.2 Å². The molecule has 4 nitrogen and oxygen atoms in total. The first-order valence-electron chi connectivity index (χ1n) is 7.79. The van der Waals surface area contributed by atoms with Gasteiger partial charge in [0.1, 0.15) is 5.52 Å². The number of piperidine rings is 1. The molecule has 0 unspecified atom stereocenters. The van der Waals surface area contributed by atoms with Crippen molar-refractivity contribution in [3.8, 4) is 0 Å². The van der Waals surface area contributed by atoms with Crippen molar-refractivity contribution in [2.45, 2.75) is 40.2 Å². The molecule has 21 heavy (non-hydrogen) atoms. The summed E-state index contributed by atoms with van der Waals surface area (Å²) in [6.07, 6.45) is 2.52. The first-order chi connectivity index (χ1) is 9.91. The quantitative estimate of drug-likeness (QED) is 0.856. The lowest BCUT2D eigenvalue weighted by Crippen LogP contribution is -2.37. The molecule has 0 amide bonds. The average molecular weight is 287 g/mol. The number of rotatable bonds is 2. The van der Waals surface area contributed by atoms with E-state index in [4.69, 9.17) is 10.2 Å². The van der Waals surface area contributed by atoms with Crippen LogP contribution in [0.4, 0.5) is 5.69 Å². The fourth-order valence-corrected chi connectivity index (χ4v) is 3.20. The highest BCUT2D eigenvalue weighted by Gasteiger charge is 2.29. The van der Waals surface area contributed by atoms with Crippen LogP contribution >= 0.6 is 0 Å². The van der Waals surface area contributed by atoms with Crippen molar-refractivity contribution in [2.75, 3.05) is 18.8 Å². The van der Waals surface area contributed by atoms with Crippen LogP contribution in [0.2, 0.25) is 0 Å². The van der Waals surface area contributed by atoms with Crippen LogP contribution in [0.1, 0.15) is 39.5 Å². The number of fused-ring (bicyclic) bond motifs is 1. The molecule has 1 aliphatic heterocycles. The molecule has 1 aromatic carbocycles. The van der Waals surface area contributed by atoms with Crippen molar-refractivity contribution in [1.29, 1.82) is 0 Å². The molecule has 0 radical (unpaired) electrons. The Kier molecular flexibility index (Phi) is 3.66. The molecule has 0 bridgehead atoms. The van der Waals surface area contributed by atoms with Crippen LogP contribution in [-0.2, 0) is 6.54 Å². The third kappa shape index (κ3) is 3.21. The fourth-order valence-electron chi connectivity index (χ4n) is 3.20. The van der Waals surface area contributed by atoms with E-state index >= 15 is 0 Å². The third-order valence-corrected chi connectivity index (χ3v) is 4.63. The molecule has 0 saturated carbocycles. The lowest BCUT2D eigenvalue weighted by Gasteiger charge is -2.38. The predicted molar refractivity (Wildman–Crippen MR) is 85.9 cm³/mol. The lowest BCUT2D eigenvalue weighted by molar-refractivity contribution is 0.102. The van der Waals surface area contributed by atoms with E-state index in [0.29, 0.717) is 5.41 Å². The van der Waals surface area contributed by atoms with Gasteiger partial charge < -0.3 is 10.2 Å². The van der Waals surface area contributed by atoms with Gasteiger partial charge in [0.15, 0.2) is 5.58 Å². The maximum atomic E-state index is 5.81. The normalized spacial score (nSPS) is 18.4. The van der Waals surface area contributed by atoms with E-state index in [2.05, 4.69) is 30.7 Å². The van der Waals surface area contributed by atoms with Gasteiger partial charge >= 0.3 is 0 Å². The zero-order valence-electron chi connectivity index (χ0n) is 13.2. The molecule has 0 spiro atoms. The number of hydrogen-bond donors (Lipinski definition) is 1. The van der Waals surface area contributed by atoms with Gasteiger partial charge in [-0.25, -0.2) is 4.98 Å². The van der Waals surface area contributed by atoms with Gasteiger partial charge in [-0.3, -0.25) is 4.90 Å². The Morgan fingerprint density at radius 3 is 2.67 bits per heavy atom. The fraction of sp³-hybridized carbons (Fsp3) is 0.588. The molecule has 1 saturated heterocycles. The van der Waals surface area contributed by atoms with Gasteiger partial charge in [-0.05, 0) is 49.4 Å². The monoisotopic (exact) mass is 287 g/mol. The van der Waals surface area contributed by atoms with Gasteiger partial charge in [0.25, 0.3) is 0 Å². The van der Waals surface area contributed by atoms with Crippen molar-refractivity contribution in [2.24, 2.45) is 11.3 Å². The molecule has 2 aromatic rings. The summed E-state index contributed by atoms with van der Waals surface area (Å²) in [5.74, 6) is 1.61. The summed E-state index contributed by atoms with van der Waals surface area (Å²) in [6, 6.07) is 5.63. The molecule has 0 aliphatic carbocycles. The van der Waals surface area contributed by atoms with E-state index in [1.807, 2.05) is 18.2 Å². The summed E-state index contributed by atoms with van der Waals surface area (Å²) >= 11 is 0. The van der Waals surface area contributed by atoms with Crippen LogP contribution in [0.15, 0.2) is 22.6 Å². The number of oxazole rings is 1. The Balaban J connectivity index is 1.64. The highest BCUT2D eigenvalue weighted by Crippen LogP contribution is 2.34. The summed E-state index contributed by atoms with van der Waals surface area (Å²) in [5, 5.41) is 0. The molecule has 4 heteroatoms. The van der Waals surface area contributed by atoms with E-state index in [-0.39, 0.29) is 0 Å². The largest absolute Gasteiger partial charge is 0.439 e. The van der Waals surface area contributed by atoms with Crippen LogP contribution in [0.5, 0.6) is 0 Å². The highest BCUT2D eigenvalue weighted by atomic mass is 16.3. The summed E-state index contributed by atoms with van der Waals surface area (Å²) < 4.78 is 5.81. The molecule has 3 rings (SSSR count). The van der Waals surface area contributed by atoms with Gasteiger partial charge in [-0.1, -0.05) is 20.8 Å². The standard InChI is InChI=1S/C17H25N3O/c1-17(2,3)12-6-8-20(9-7-12)11-16-19-14-5-4-13(18)10-15(14)21-16/h4-5,10,12H,6-9,11,18H2,1-3H3. The number of nitrogen functional groups attached to an aromatic ring is 1. The highest BCUT2D eigenvalue weighted by molar-refractivity contribution is 5.76.